The van der Waals surface area contributed by atoms with Crippen molar-refractivity contribution in [2.75, 3.05) is 23.3 Å². The molecule has 2 aliphatic rings. The Bertz CT molecular complexity index is 1240. The summed E-state index contributed by atoms with van der Waals surface area (Å²) in [5.74, 6) is 0. The van der Waals surface area contributed by atoms with Gasteiger partial charge in [0, 0.05) is 34.7 Å². The van der Waals surface area contributed by atoms with Crippen LogP contribution in [-0.4, -0.2) is 29.0 Å². The monoisotopic (exact) mass is 426 g/mol. The lowest BCUT2D eigenvalue weighted by Gasteiger charge is -2.23. The summed E-state index contributed by atoms with van der Waals surface area (Å²) in [4.78, 5) is 13.3. The third-order valence-electron chi connectivity index (χ3n) is 5.86. The van der Waals surface area contributed by atoms with Gasteiger partial charge in [-0.15, -0.1) is 11.8 Å². The lowest BCUT2D eigenvalue weighted by atomic mass is 10.1. The number of aliphatic imine (C=N–C) groups is 1. The molecule has 0 saturated carbocycles. The Morgan fingerprint density at radius 3 is 2.74 bits per heavy atom. The molecule has 2 heterocycles. The quantitative estimate of drug-likeness (QED) is 0.487. The number of allylic oxidation sites excluding steroid dienone is 3. The number of nitrogens with zero attached hydrogens (tertiary/aromatic N) is 3. The van der Waals surface area contributed by atoms with Crippen molar-refractivity contribution < 1.29 is 0 Å². The maximum absolute atomic E-state index is 4.94. The van der Waals surface area contributed by atoms with Crippen molar-refractivity contribution in [3.8, 4) is 0 Å². The first-order valence-electron chi connectivity index (χ1n) is 10.8. The van der Waals surface area contributed by atoms with E-state index in [0.29, 0.717) is 5.25 Å². The summed E-state index contributed by atoms with van der Waals surface area (Å²) in [6.07, 6.45) is 10.4. The Hall–Kier alpha value is -3.05. The highest BCUT2D eigenvalue weighted by atomic mass is 32.2. The molecule has 0 fully saturated rings. The second kappa shape index (κ2) is 8.23. The van der Waals surface area contributed by atoms with E-state index in [-0.39, 0.29) is 0 Å². The van der Waals surface area contributed by atoms with Gasteiger partial charge in [0.15, 0.2) is 0 Å². The van der Waals surface area contributed by atoms with E-state index in [4.69, 9.17) is 9.98 Å². The Kier molecular flexibility index (Phi) is 5.28. The van der Waals surface area contributed by atoms with Gasteiger partial charge in [0.2, 0.25) is 0 Å². The maximum atomic E-state index is 4.94. The summed E-state index contributed by atoms with van der Waals surface area (Å²) in [5, 5.41) is 4.95. The lowest BCUT2D eigenvalue weighted by molar-refractivity contribution is 0.866. The molecule has 1 aliphatic heterocycles. The van der Waals surface area contributed by atoms with Gasteiger partial charge in [0.1, 0.15) is 5.69 Å². The Balaban J connectivity index is 1.45. The average Bonchev–Trinajstić information content (AvgIpc) is 2.80. The first-order chi connectivity index (χ1) is 15.2. The number of thioether (sulfide) groups is 1. The number of fused-ring (bicyclic) bond motifs is 4. The van der Waals surface area contributed by atoms with Crippen molar-refractivity contribution in [3.63, 3.8) is 0 Å². The summed E-state index contributed by atoms with van der Waals surface area (Å²) in [6, 6.07) is 13.1. The van der Waals surface area contributed by atoms with Crippen LogP contribution < -0.4 is 10.2 Å². The number of rotatable bonds is 5. The number of nitrogens with one attached hydrogen (secondary N) is 1. The molecule has 1 N–H and O–H groups in total. The predicted octanol–water partition coefficient (Wildman–Crippen LogP) is 6.81. The normalized spacial score (nSPS) is 16.6. The van der Waals surface area contributed by atoms with Crippen LogP contribution in [0, 0.1) is 6.92 Å². The summed E-state index contributed by atoms with van der Waals surface area (Å²) in [6.45, 7) is 8.55. The van der Waals surface area contributed by atoms with Crippen LogP contribution in [0.5, 0.6) is 0 Å². The van der Waals surface area contributed by atoms with E-state index < -0.39 is 0 Å². The van der Waals surface area contributed by atoms with Crippen LogP contribution in [0.4, 0.5) is 22.7 Å². The molecule has 1 aliphatic carbocycles. The largest absolute Gasteiger partial charge is 0.372 e. The SMILES string of the molecule is CCN(CC)c1ccc(Nc2cnc3c4c(ccc3c2)SC2C=CC=CC2=N4)c(C)c1. The minimum Gasteiger partial charge on any atom is -0.372 e. The van der Waals surface area contributed by atoms with Crippen LogP contribution in [0.25, 0.3) is 10.9 Å². The third kappa shape index (κ3) is 3.74. The second-order valence-corrected chi connectivity index (χ2v) is 9.01. The summed E-state index contributed by atoms with van der Waals surface area (Å²) in [7, 11) is 0. The fourth-order valence-corrected chi connectivity index (χ4v) is 5.24. The summed E-state index contributed by atoms with van der Waals surface area (Å²) in [5.41, 5.74) is 7.62. The summed E-state index contributed by atoms with van der Waals surface area (Å²) >= 11 is 1.84. The molecule has 2 aromatic carbocycles. The Morgan fingerprint density at radius 2 is 1.94 bits per heavy atom. The van der Waals surface area contributed by atoms with Gasteiger partial charge >= 0.3 is 0 Å². The molecule has 3 aromatic rings. The fourth-order valence-electron chi connectivity index (χ4n) is 4.15. The van der Waals surface area contributed by atoms with E-state index in [1.807, 2.05) is 18.0 Å². The molecule has 4 nitrogen and oxygen atoms in total. The molecule has 0 spiro atoms. The van der Waals surface area contributed by atoms with Crippen LogP contribution in [0.1, 0.15) is 19.4 Å². The fraction of sp³-hybridized carbons (Fsp3) is 0.231. The van der Waals surface area contributed by atoms with E-state index in [1.165, 1.54) is 16.1 Å². The molecule has 1 unspecified atom stereocenters. The topological polar surface area (TPSA) is 40.5 Å². The van der Waals surface area contributed by atoms with Crippen molar-refractivity contribution in [2.24, 2.45) is 4.99 Å². The van der Waals surface area contributed by atoms with E-state index >= 15 is 0 Å². The van der Waals surface area contributed by atoms with E-state index in [1.54, 1.807) is 0 Å². The minimum atomic E-state index is 0.304. The number of pyridine rings is 1. The van der Waals surface area contributed by atoms with Gasteiger partial charge in [-0.05, 0) is 62.7 Å². The van der Waals surface area contributed by atoms with Gasteiger partial charge in [0.05, 0.1) is 28.4 Å². The van der Waals surface area contributed by atoms with Crippen LogP contribution >= 0.6 is 11.8 Å². The molecule has 0 radical (unpaired) electrons. The number of aryl methyl sites for hydroxylation is 1. The van der Waals surface area contributed by atoms with E-state index in [0.717, 1.165) is 46.8 Å². The van der Waals surface area contributed by atoms with Crippen LogP contribution in [0.3, 0.4) is 0 Å². The van der Waals surface area contributed by atoms with Crippen molar-refractivity contribution in [3.05, 3.63) is 72.5 Å². The molecule has 0 saturated heterocycles. The number of hydrogen-bond donors (Lipinski definition) is 1. The standard InChI is InChI=1S/C26H26N4S/c1-4-30(5-2)20-11-12-21(17(3)14-20)28-19-15-18-10-13-24-26(25(18)27-16-19)29-22-8-6-7-9-23(22)31-24/h6-16,23,28H,4-5H2,1-3H3. The highest BCUT2D eigenvalue weighted by molar-refractivity contribution is 8.01. The van der Waals surface area contributed by atoms with E-state index in [9.17, 15) is 0 Å². The zero-order valence-electron chi connectivity index (χ0n) is 18.1. The lowest BCUT2D eigenvalue weighted by Crippen LogP contribution is -2.21. The van der Waals surface area contributed by atoms with Crippen molar-refractivity contribution >= 4 is 51.1 Å². The predicted molar refractivity (Wildman–Crippen MR) is 135 cm³/mol. The van der Waals surface area contributed by atoms with Gasteiger partial charge in [-0.25, -0.2) is 4.99 Å². The van der Waals surface area contributed by atoms with Crippen LogP contribution in [-0.2, 0) is 0 Å². The molecular weight excluding hydrogens is 400 g/mol. The molecule has 0 bridgehead atoms. The highest BCUT2D eigenvalue weighted by Crippen LogP contribution is 2.43. The minimum absolute atomic E-state index is 0.304. The van der Waals surface area contributed by atoms with Crippen LogP contribution in [0.15, 0.2) is 76.8 Å². The molecule has 1 aromatic heterocycles. The molecular formula is C26H26N4S. The van der Waals surface area contributed by atoms with Gasteiger partial charge in [0.25, 0.3) is 0 Å². The first kappa shape index (κ1) is 19.9. The van der Waals surface area contributed by atoms with Crippen molar-refractivity contribution in [2.45, 2.75) is 30.9 Å². The zero-order valence-corrected chi connectivity index (χ0v) is 18.9. The van der Waals surface area contributed by atoms with Gasteiger partial charge < -0.3 is 10.2 Å². The number of hydrogen-bond acceptors (Lipinski definition) is 5. The smallest absolute Gasteiger partial charge is 0.103 e. The average molecular weight is 427 g/mol. The molecule has 5 heteroatoms. The Morgan fingerprint density at radius 1 is 1.06 bits per heavy atom. The van der Waals surface area contributed by atoms with Crippen molar-refractivity contribution in [1.29, 1.82) is 0 Å². The van der Waals surface area contributed by atoms with Gasteiger partial charge in [-0.3, -0.25) is 4.98 Å². The third-order valence-corrected chi connectivity index (χ3v) is 7.09. The highest BCUT2D eigenvalue weighted by Gasteiger charge is 2.23. The van der Waals surface area contributed by atoms with Crippen molar-refractivity contribution in [1.82, 2.24) is 4.98 Å². The molecule has 31 heavy (non-hydrogen) atoms. The van der Waals surface area contributed by atoms with Gasteiger partial charge in [-0.2, -0.15) is 0 Å². The molecule has 1 atom stereocenters. The molecule has 5 rings (SSSR count). The van der Waals surface area contributed by atoms with Gasteiger partial charge in [-0.1, -0.05) is 24.3 Å². The molecule has 0 amide bonds. The number of benzene rings is 2. The first-order valence-corrected chi connectivity index (χ1v) is 11.7. The maximum Gasteiger partial charge on any atom is 0.103 e. The number of anilines is 3. The summed E-state index contributed by atoms with van der Waals surface area (Å²) < 4.78 is 0. The Labute approximate surface area is 187 Å². The zero-order chi connectivity index (χ0) is 21.4. The number of aromatic nitrogens is 1. The second-order valence-electron chi connectivity index (χ2n) is 7.82. The molecule has 156 valence electrons. The van der Waals surface area contributed by atoms with E-state index in [2.05, 4.69) is 91.7 Å². The van der Waals surface area contributed by atoms with Crippen LogP contribution in [0.2, 0.25) is 0 Å².